The first-order valence-corrected chi connectivity index (χ1v) is 18.1. The van der Waals surface area contributed by atoms with Gasteiger partial charge >= 0.3 is 0 Å². The van der Waals surface area contributed by atoms with Crippen LogP contribution >= 0.6 is 0 Å². The topological polar surface area (TPSA) is 44.9 Å². The van der Waals surface area contributed by atoms with E-state index in [4.69, 9.17) is 14.8 Å². The highest BCUT2D eigenvalue weighted by molar-refractivity contribution is 6.09. The molecule has 5 nitrogen and oxygen atoms in total. The first-order chi connectivity index (χ1) is 23.5. The quantitative estimate of drug-likeness (QED) is 0.154. The molecule has 0 fully saturated rings. The molecule has 0 bridgehead atoms. The molecule has 0 radical (unpaired) electrons. The molecule has 3 aromatic carbocycles. The van der Waals surface area contributed by atoms with E-state index in [0.29, 0.717) is 29.6 Å². The molecule has 0 saturated heterocycles. The van der Waals surface area contributed by atoms with E-state index < -0.39 is 0 Å². The summed E-state index contributed by atoms with van der Waals surface area (Å²) in [7, 11) is 0. The number of benzene rings is 3. The zero-order valence-corrected chi connectivity index (χ0v) is 30.6. The highest BCUT2D eigenvalue weighted by Crippen LogP contribution is 2.45. The summed E-state index contributed by atoms with van der Waals surface area (Å²) >= 11 is 0. The molecule has 6 aromatic rings. The second-order valence-corrected chi connectivity index (χ2v) is 14.9. The molecular formula is C44H50N4O. The predicted octanol–water partition coefficient (Wildman–Crippen LogP) is 11.8. The Morgan fingerprint density at radius 1 is 0.857 bits per heavy atom. The lowest BCUT2D eigenvalue weighted by Gasteiger charge is -2.35. The number of nitrogens with zero attached hydrogens (tertiary/aromatic N) is 4. The number of ether oxygens (including phenoxy) is 1. The molecule has 3 heterocycles. The predicted molar refractivity (Wildman–Crippen MR) is 204 cm³/mol. The van der Waals surface area contributed by atoms with Crippen molar-refractivity contribution in [1.82, 2.24) is 19.3 Å². The number of allylic oxidation sites excluding steroid dienone is 2. The van der Waals surface area contributed by atoms with Crippen molar-refractivity contribution in [2.24, 2.45) is 17.8 Å². The van der Waals surface area contributed by atoms with Gasteiger partial charge in [-0.15, -0.1) is 0 Å². The van der Waals surface area contributed by atoms with Crippen molar-refractivity contribution in [2.45, 2.75) is 87.0 Å². The lowest BCUT2D eigenvalue weighted by Crippen LogP contribution is -2.24. The number of hydrogen-bond donors (Lipinski definition) is 0. The largest absolute Gasteiger partial charge is 0.457 e. The van der Waals surface area contributed by atoms with Crippen molar-refractivity contribution in [3.8, 4) is 23.0 Å². The van der Waals surface area contributed by atoms with Gasteiger partial charge in [-0.1, -0.05) is 71.4 Å². The van der Waals surface area contributed by atoms with Crippen LogP contribution in [0.3, 0.4) is 0 Å². The Labute approximate surface area is 291 Å². The molecular weight excluding hydrogens is 601 g/mol. The van der Waals surface area contributed by atoms with E-state index in [1.54, 1.807) is 0 Å². The van der Waals surface area contributed by atoms with Crippen LogP contribution in [0.25, 0.3) is 33.3 Å². The molecule has 1 aliphatic carbocycles. The monoisotopic (exact) mass is 650 g/mol. The zero-order chi connectivity index (χ0) is 34.6. The second-order valence-electron chi connectivity index (χ2n) is 14.9. The van der Waals surface area contributed by atoms with Gasteiger partial charge in [0, 0.05) is 46.3 Å². The second kappa shape index (κ2) is 13.0. The number of hydrogen-bond acceptors (Lipinski definition) is 3. The Kier molecular flexibility index (Phi) is 8.73. The maximum Gasteiger partial charge on any atom is 0.137 e. The zero-order valence-electron chi connectivity index (χ0n) is 30.6. The third kappa shape index (κ3) is 5.98. The van der Waals surface area contributed by atoms with E-state index in [2.05, 4.69) is 150 Å². The van der Waals surface area contributed by atoms with Crippen LogP contribution in [0.15, 0.2) is 90.6 Å². The van der Waals surface area contributed by atoms with E-state index in [1.807, 2.05) is 6.20 Å². The van der Waals surface area contributed by atoms with Gasteiger partial charge in [0.05, 0.1) is 22.4 Å². The fourth-order valence-electron chi connectivity index (χ4n) is 8.18. The van der Waals surface area contributed by atoms with Crippen molar-refractivity contribution in [3.05, 3.63) is 119 Å². The molecule has 3 atom stereocenters. The van der Waals surface area contributed by atoms with Gasteiger partial charge in [-0.3, -0.25) is 4.57 Å². The van der Waals surface area contributed by atoms with Gasteiger partial charge in [-0.25, -0.2) is 9.67 Å². The molecule has 5 heteroatoms. The Bertz CT molecular complexity index is 2200. The van der Waals surface area contributed by atoms with Gasteiger partial charge in [0.25, 0.3) is 0 Å². The Morgan fingerprint density at radius 3 is 2.37 bits per heavy atom. The SMILES string of the molecule is CCc1ccnc(-n2c3ccccc3c3ccc(Oc4cc(C(C)C)cc(-n5nc(C)c(C6C(C)=C[C@H](C(C)C)C[C@@H]6C)c5C)c4)cc32)c1. The lowest BCUT2D eigenvalue weighted by molar-refractivity contribution is 0.317. The van der Waals surface area contributed by atoms with Crippen LogP contribution in [0.2, 0.25) is 0 Å². The number of rotatable bonds is 8. The number of aryl methyl sites for hydroxylation is 2. The smallest absolute Gasteiger partial charge is 0.137 e. The first kappa shape index (κ1) is 32.9. The standard InChI is InChI=1S/C44H50N4O/c1-10-32-17-18-45-42(21-32)47-40-14-12-11-13-38(40)39-16-15-36(25-41(39)47)49-37-23-34(27(4)5)22-35(24-37)48-31(9)44(30(8)46-48)43-28(6)19-33(26(2)3)20-29(43)7/h11-19,21-27,29,33,43H,10,20H2,1-9H3/t29-,33-,43?/m0/s1. The van der Waals surface area contributed by atoms with Gasteiger partial charge in [-0.2, -0.15) is 5.10 Å². The normalized spacial score (nSPS) is 18.2. The number of para-hydroxylation sites is 1. The maximum atomic E-state index is 6.75. The van der Waals surface area contributed by atoms with Crippen molar-refractivity contribution in [2.75, 3.05) is 0 Å². The Morgan fingerprint density at radius 2 is 1.63 bits per heavy atom. The van der Waals surface area contributed by atoms with Crippen LogP contribution in [0.5, 0.6) is 11.5 Å². The molecule has 0 N–H and O–H groups in total. The number of fused-ring (bicyclic) bond motifs is 3. The number of pyridine rings is 1. The van der Waals surface area contributed by atoms with E-state index in [-0.39, 0.29) is 0 Å². The van der Waals surface area contributed by atoms with Crippen molar-refractivity contribution >= 4 is 21.8 Å². The van der Waals surface area contributed by atoms with Crippen LogP contribution < -0.4 is 4.74 Å². The minimum absolute atomic E-state index is 0.331. The van der Waals surface area contributed by atoms with Crippen LogP contribution in [0, 0.1) is 31.6 Å². The summed E-state index contributed by atoms with van der Waals surface area (Å²) < 4.78 is 11.2. The van der Waals surface area contributed by atoms with E-state index in [0.717, 1.165) is 46.2 Å². The van der Waals surface area contributed by atoms with Gasteiger partial charge in [0.1, 0.15) is 17.3 Å². The molecule has 1 aliphatic rings. The van der Waals surface area contributed by atoms with Crippen molar-refractivity contribution in [3.63, 3.8) is 0 Å². The van der Waals surface area contributed by atoms with Gasteiger partial charge in [0.2, 0.25) is 0 Å². The van der Waals surface area contributed by atoms with Crippen LogP contribution in [0.1, 0.15) is 94.8 Å². The van der Waals surface area contributed by atoms with Crippen LogP contribution in [-0.4, -0.2) is 19.3 Å². The maximum absolute atomic E-state index is 6.75. The molecule has 0 amide bonds. The molecule has 0 spiro atoms. The van der Waals surface area contributed by atoms with E-state index in [9.17, 15) is 0 Å². The molecule has 1 unspecified atom stereocenters. The molecule has 49 heavy (non-hydrogen) atoms. The summed E-state index contributed by atoms with van der Waals surface area (Å²) in [4.78, 5) is 4.80. The Balaban J connectivity index is 1.30. The highest BCUT2D eigenvalue weighted by atomic mass is 16.5. The molecule has 0 aliphatic heterocycles. The van der Waals surface area contributed by atoms with Gasteiger partial charge < -0.3 is 4.74 Å². The first-order valence-electron chi connectivity index (χ1n) is 18.1. The third-order valence-electron chi connectivity index (χ3n) is 10.8. The summed E-state index contributed by atoms with van der Waals surface area (Å²) in [5, 5.41) is 7.56. The third-order valence-corrected chi connectivity index (χ3v) is 10.8. The van der Waals surface area contributed by atoms with Gasteiger partial charge in [-0.05, 0) is 111 Å². The molecule has 0 saturated carbocycles. The molecule has 7 rings (SSSR count). The lowest BCUT2D eigenvalue weighted by atomic mass is 9.69. The summed E-state index contributed by atoms with van der Waals surface area (Å²) in [5.74, 6) is 5.11. The summed E-state index contributed by atoms with van der Waals surface area (Å²) in [5.41, 5.74) is 10.9. The number of aromatic nitrogens is 4. The fraction of sp³-hybridized carbons (Fsp3) is 0.364. The minimum Gasteiger partial charge on any atom is -0.457 e. The van der Waals surface area contributed by atoms with E-state index in [1.165, 1.54) is 45.2 Å². The fourth-order valence-corrected chi connectivity index (χ4v) is 8.18. The summed E-state index contributed by atoms with van der Waals surface area (Å²) in [6.07, 6.45) is 6.62. The van der Waals surface area contributed by atoms with E-state index >= 15 is 0 Å². The van der Waals surface area contributed by atoms with Crippen molar-refractivity contribution < 1.29 is 4.74 Å². The highest BCUT2D eigenvalue weighted by Gasteiger charge is 2.33. The summed E-state index contributed by atoms with van der Waals surface area (Å²) in [6, 6.07) is 25.8. The van der Waals surface area contributed by atoms with Crippen LogP contribution in [0.4, 0.5) is 0 Å². The van der Waals surface area contributed by atoms with Crippen LogP contribution in [-0.2, 0) is 6.42 Å². The Hall–Kier alpha value is -4.64. The molecule has 3 aromatic heterocycles. The van der Waals surface area contributed by atoms with Crippen molar-refractivity contribution in [1.29, 1.82) is 0 Å². The average molecular weight is 651 g/mol. The summed E-state index contributed by atoms with van der Waals surface area (Å²) in [6.45, 7) is 20.5. The average Bonchev–Trinajstić information content (AvgIpc) is 3.57. The van der Waals surface area contributed by atoms with Gasteiger partial charge in [0.15, 0.2) is 0 Å². The molecule has 252 valence electrons. The minimum atomic E-state index is 0.331.